The highest BCUT2D eigenvalue weighted by Gasteiger charge is 2.00. The number of nitrogens with two attached hydrogens (primary N) is 1. The van der Waals surface area contributed by atoms with Crippen molar-refractivity contribution in [2.75, 3.05) is 5.73 Å². The van der Waals surface area contributed by atoms with E-state index in [-0.39, 0.29) is 0 Å². The molecule has 0 heterocycles. The third kappa shape index (κ3) is 1.26. The Hall–Kier alpha value is -1.50. The molecule has 0 amide bonds. The van der Waals surface area contributed by atoms with E-state index in [2.05, 4.69) is 38.1 Å². The lowest BCUT2D eigenvalue weighted by Gasteiger charge is -2.05. The first-order valence-electron chi connectivity index (χ1n) is 4.44. The normalized spacial score (nSPS) is 10.6. The van der Waals surface area contributed by atoms with E-state index in [0.29, 0.717) is 0 Å². The summed E-state index contributed by atoms with van der Waals surface area (Å²) < 4.78 is 0. The van der Waals surface area contributed by atoms with E-state index in [4.69, 9.17) is 5.73 Å². The number of fused-ring (bicyclic) bond motifs is 1. The third-order valence-corrected chi connectivity index (χ3v) is 2.42. The molecule has 0 saturated carbocycles. The molecular weight excluding hydrogens is 158 g/mol. The standard InChI is InChI=1S/C12H13N/c1-8-3-5-10-11(7-8)9(2)4-6-12(10)13/h3-7H,13H2,1-2H3. The molecule has 0 radical (unpaired) electrons. The molecule has 0 unspecified atom stereocenters. The minimum atomic E-state index is 0.862. The zero-order valence-corrected chi connectivity index (χ0v) is 7.96. The molecule has 2 aromatic carbocycles. The number of nitrogen functional groups attached to an aromatic ring is 1. The summed E-state index contributed by atoms with van der Waals surface area (Å²) in [6.45, 7) is 4.21. The van der Waals surface area contributed by atoms with E-state index >= 15 is 0 Å². The van der Waals surface area contributed by atoms with Crippen LogP contribution >= 0.6 is 0 Å². The summed E-state index contributed by atoms with van der Waals surface area (Å²) in [7, 11) is 0. The maximum absolute atomic E-state index is 5.88. The number of aryl methyl sites for hydroxylation is 2. The topological polar surface area (TPSA) is 26.0 Å². The maximum Gasteiger partial charge on any atom is 0.0393 e. The second kappa shape index (κ2) is 2.77. The van der Waals surface area contributed by atoms with E-state index in [1.165, 1.54) is 16.5 Å². The van der Waals surface area contributed by atoms with Crippen molar-refractivity contribution in [2.45, 2.75) is 13.8 Å². The number of anilines is 1. The molecule has 0 aliphatic heterocycles. The van der Waals surface area contributed by atoms with E-state index < -0.39 is 0 Å². The van der Waals surface area contributed by atoms with Gasteiger partial charge in [-0.05, 0) is 30.9 Å². The van der Waals surface area contributed by atoms with Crippen LogP contribution in [-0.2, 0) is 0 Å². The molecular formula is C12H13N. The van der Waals surface area contributed by atoms with Gasteiger partial charge in [0.1, 0.15) is 0 Å². The molecule has 0 aliphatic rings. The summed E-state index contributed by atoms with van der Waals surface area (Å²) in [5.74, 6) is 0. The molecule has 2 N–H and O–H groups in total. The van der Waals surface area contributed by atoms with Crippen molar-refractivity contribution in [2.24, 2.45) is 0 Å². The smallest absolute Gasteiger partial charge is 0.0393 e. The van der Waals surface area contributed by atoms with Crippen LogP contribution in [0, 0.1) is 13.8 Å². The van der Waals surface area contributed by atoms with Crippen LogP contribution in [0.1, 0.15) is 11.1 Å². The number of rotatable bonds is 0. The third-order valence-electron chi connectivity index (χ3n) is 2.42. The van der Waals surface area contributed by atoms with Crippen molar-refractivity contribution in [3.8, 4) is 0 Å². The minimum absolute atomic E-state index is 0.862. The van der Waals surface area contributed by atoms with Crippen LogP contribution in [0.2, 0.25) is 0 Å². The Labute approximate surface area is 78.2 Å². The summed E-state index contributed by atoms with van der Waals surface area (Å²) in [4.78, 5) is 0. The highest BCUT2D eigenvalue weighted by Crippen LogP contribution is 2.24. The average molecular weight is 171 g/mol. The van der Waals surface area contributed by atoms with Crippen LogP contribution in [0.15, 0.2) is 30.3 Å². The van der Waals surface area contributed by atoms with Crippen molar-refractivity contribution in [1.29, 1.82) is 0 Å². The van der Waals surface area contributed by atoms with Crippen LogP contribution in [0.25, 0.3) is 10.8 Å². The molecule has 0 spiro atoms. The van der Waals surface area contributed by atoms with E-state index in [0.717, 1.165) is 11.1 Å². The molecule has 1 heteroatoms. The van der Waals surface area contributed by atoms with Crippen LogP contribution in [0.4, 0.5) is 5.69 Å². The predicted octanol–water partition coefficient (Wildman–Crippen LogP) is 3.04. The Morgan fingerprint density at radius 2 is 1.69 bits per heavy atom. The minimum Gasteiger partial charge on any atom is -0.398 e. The fourth-order valence-corrected chi connectivity index (χ4v) is 1.63. The summed E-state index contributed by atoms with van der Waals surface area (Å²) in [5, 5.41) is 2.42. The SMILES string of the molecule is Cc1ccc2c(N)ccc(C)c2c1. The lowest BCUT2D eigenvalue weighted by atomic mass is 10.0. The number of hydrogen-bond acceptors (Lipinski definition) is 1. The highest BCUT2D eigenvalue weighted by molar-refractivity contribution is 5.95. The van der Waals surface area contributed by atoms with Gasteiger partial charge in [0.2, 0.25) is 0 Å². The Kier molecular flexibility index (Phi) is 1.73. The van der Waals surface area contributed by atoms with Crippen LogP contribution in [0.5, 0.6) is 0 Å². The zero-order chi connectivity index (χ0) is 9.42. The second-order valence-electron chi connectivity index (χ2n) is 3.52. The van der Waals surface area contributed by atoms with Crippen molar-refractivity contribution < 1.29 is 0 Å². The molecule has 13 heavy (non-hydrogen) atoms. The second-order valence-corrected chi connectivity index (χ2v) is 3.52. The predicted molar refractivity (Wildman–Crippen MR) is 57.8 cm³/mol. The van der Waals surface area contributed by atoms with E-state index in [9.17, 15) is 0 Å². The van der Waals surface area contributed by atoms with Gasteiger partial charge in [-0.3, -0.25) is 0 Å². The Morgan fingerprint density at radius 3 is 2.46 bits per heavy atom. The Morgan fingerprint density at radius 1 is 0.923 bits per heavy atom. The zero-order valence-electron chi connectivity index (χ0n) is 7.96. The largest absolute Gasteiger partial charge is 0.398 e. The van der Waals surface area contributed by atoms with Gasteiger partial charge >= 0.3 is 0 Å². The molecule has 66 valence electrons. The number of hydrogen-bond donors (Lipinski definition) is 1. The highest BCUT2D eigenvalue weighted by atomic mass is 14.5. The van der Waals surface area contributed by atoms with E-state index in [1.54, 1.807) is 0 Å². The first-order valence-corrected chi connectivity index (χ1v) is 4.44. The van der Waals surface area contributed by atoms with Crippen LogP contribution in [0.3, 0.4) is 0 Å². The van der Waals surface area contributed by atoms with Gasteiger partial charge in [0.15, 0.2) is 0 Å². The van der Waals surface area contributed by atoms with Crippen LogP contribution < -0.4 is 5.73 Å². The summed E-state index contributed by atoms with van der Waals surface area (Å²) in [5.41, 5.74) is 9.30. The first-order chi connectivity index (χ1) is 6.18. The van der Waals surface area contributed by atoms with E-state index in [1.807, 2.05) is 6.07 Å². The van der Waals surface area contributed by atoms with Crippen molar-refractivity contribution in [3.63, 3.8) is 0 Å². The van der Waals surface area contributed by atoms with Crippen molar-refractivity contribution >= 4 is 16.5 Å². The molecule has 2 aromatic rings. The summed E-state index contributed by atoms with van der Waals surface area (Å²) in [6, 6.07) is 10.4. The molecule has 0 fully saturated rings. The van der Waals surface area contributed by atoms with Crippen molar-refractivity contribution in [3.05, 3.63) is 41.5 Å². The van der Waals surface area contributed by atoms with Crippen molar-refractivity contribution in [1.82, 2.24) is 0 Å². The Bertz CT molecular complexity index is 458. The lowest BCUT2D eigenvalue weighted by Crippen LogP contribution is -1.88. The van der Waals surface area contributed by atoms with Crippen LogP contribution in [-0.4, -0.2) is 0 Å². The average Bonchev–Trinajstić information content (AvgIpc) is 2.12. The van der Waals surface area contributed by atoms with Gasteiger partial charge < -0.3 is 5.73 Å². The maximum atomic E-state index is 5.88. The molecule has 0 atom stereocenters. The monoisotopic (exact) mass is 171 g/mol. The molecule has 2 rings (SSSR count). The molecule has 0 aromatic heterocycles. The molecule has 1 nitrogen and oxygen atoms in total. The summed E-state index contributed by atoms with van der Waals surface area (Å²) >= 11 is 0. The fourth-order valence-electron chi connectivity index (χ4n) is 1.63. The number of benzene rings is 2. The first kappa shape index (κ1) is 8.11. The quantitative estimate of drug-likeness (QED) is 0.606. The van der Waals surface area contributed by atoms with Gasteiger partial charge in [-0.2, -0.15) is 0 Å². The fraction of sp³-hybridized carbons (Fsp3) is 0.167. The van der Waals surface area contributed by atoms with Gasteiger partial charge in [-0.1, -0.05) is 29.8 Å². The Balaban J connectivity index is 2.92. The molecule has 0 aliphatic carbocycles. The van der Waals surface area contributed by atoms with Gasteiger partial charge in [0, 0.05) is 11.1 Å². The molecule has 0 bridgehead atoms. The lowest BCUT2D eigenvalue weighted by molar-refractivity contribution is 1.47. The summed E-state index contributed by atoms with van der Waals surface area (Å²) in [6.07, 6.45) is 0. The molecule has 0 saturated heterocycles. The van der Waals surface area contributed by atoms with Gasteiger partial charge in [-0.15, -0.1) is 0 Å². The van der Waals surface area contributed by atoms with Gasteiger partial charge in [-0.25, -0.2) is 0 Å². The van der Waals surface area contributed by atoms with Gasteiger partial charge in [0.25, 0.3) is 0 Å². The van der Waals surface area contributed by atoms with Gasteiger partial charge in [0.05, 0.1) is 0 Å².